The predicted octanol–water partition coefficient (Wildman–Crippen LogP) is 3.15. The van der Waals surface area contributed by atoms with Crippen molar-refractivity contribution in [1.29, 1.82) is 0 Å². The van der Waals surface area contributed by atoms with Crippen molar-refractivity contribution in [3.63, 3.8) is 0 Å². The number of rotatable bonds is 3. The molecule has 1 fully saturated rings. The van der Waals surface area contributed by atoms with Gasteiger partial charge >= 0.3 is 0 Å². The van der Waals surface area contributed by atoms with Crippen LogP contribution in [0.1, 0.15) is 47.0 Å². The number of likely N-dealkylation sites (tertiary alicyclic amines) is 1. The molecule has 78 valence electrons. The lowest BCUT2D eigenvalue weighted by molar-refractivity contribution is 0.0956. The van der Waals surface area contributed by atoms with E-state index < -0.39 is 0 Å². The molecular weight excluding hydrogens is 158 g/mol. The highest BCUT2D eigenvalue weighted by Crippen LogP contribution is 2.27. The summed E-state index contributed by atoms with van der Waals surface area (Å²) in [5.74, 6) is 1.91. The number of hydrogen-bond acceptors (Lipinski definition) is 1. The van der Waals surface area contributed by atoms with Crippen LogP contribution < -0.4 is 0 Å². The van der Waals surface area contributed by atoms with Crippen LogP contribution in [0.4, 0.5) is 0 Å². The molecule has 0 bridgehead atoms. The highest BCUT2D eigenvalue weighted by molar-refractivity contribution is 4.79. The first-order valence-electron chi connectivity index (χ1n) is 5.89. The second kappa shape index (κ2) is 4.99. The monoisotopic (exact) mass is 183 g/mol. The normalized spacial score (nSPS) is 31.2. The summed E-state index contributed by atoms with van der Waals surface area (Å²) < 4.78 is 0. The van der Waals surface area contributed by atoms with E-state index in [1.165, 1.54) is 32.4 Å². The minimum absolute atomic E-state index is 0.742. The molecule has 0 spiro atoms. The van der Waals surface area contributed by atoms with Crippen LogP contribution in [0.5, 0.6) is 0 Å². The van der Waals surface area contributed by atoms with Gasteiger partial charge in [0.2, 0.25) is 0 Å². The second-order valence-corrected chi connectivity index (χ2v) is 4.90. The lowest BCUT2D eigenvalue weighted by atomic mass is 9.83. The van der Waals surface area contributed by atoms with E-state index >= 15 is 0 Å². The van der Waals surface area contributed by atoms with Crippen LogP contribution in [-0.4, -0.2) is 24.0 Å². The molecule has 13 heavy (non-hydrogen) atoms. The third-order valence-electron chi connectivity index (χ3n) is 3.54. The molecule has 2 atom stereocenters. The fraction of sp³-hybridized carbons (Fsp3) is 1.00. The summed E-state index contributed by atoms with van der Waals surface area (Å²) in [4.78, 5) is 2.64. The maximum Gasteiger partial charge on any atom is 0.00387 e. The number of piperidine rings is 1. The SMILES string of the molecule is CCCC1CN(C(C)C)CCC1C. The minimum atomic E-state index is 0.742. The third-order valence-corrected chi connectivity index (χ3v) is 3.54. The Morgan fingerprint density at radius 1 is 1.38 bits per heavy atom. The van der Waals surface area contributed by atoms with E-state index in [0.717, 1.165) is 17.9 Å². The zero-order chi connectivity index (χ0) is 9.84. The standard InChI is InChI=1S/C12H25N/c1-5-6-12-9-13(10(2)3)8-7-11(12)4/h10-12H,5-9H2,1-4H3. The predicted molar refractivity (Wildman–Crippen MR) is 58.9 cm³/mol. The number of nitrogens with zero attached hydrogens (tertiary/aromatic N) is 1. The molecule has 1 heterocycles. The fourth-order valence-electron chi connectivity index (χ4n) is 2.39. The van der Waals surface area contributed by atoms with Gasteiger partial charge in [0.15, 0.2) is 0 Å². The molecule has 0 saturated carbocycles. The molecule has 0 aliphatic carbocycles. The van der Waals surface area contributed by atoms with Crippen LogP contribution in [0.3, 0.4) is 0 Å². The average molecular weight is 183 g/mol. The van der Waals surface area contributed by atoms with Crippen molar-refractivity contribution in [2.45, 2.75) is 53.0 Å². The Morgan fingerprint density at radius 2 is 2.08 bits per heavy atom. The van der Waals surface area contributed by atoms with Crippen molar-refractivity contribution < 1.29 is 0 Å². The molecule has 0 aromatic rings. The van der Waals surface area contributed by atoms with Gasteiger partial charge in [-0.2, -0.15) is 0 Å². The first-order chi connectivity index (χ1) is 6.15. The average Bonchev–Trinajstić information content (AvgIpc) is 2.08. The molecule has 2 unspecified atom stereocenters. The fourth-order valence-corrected chi connectivity index (χ4v) is 2.39. The minimum Gasteiger partial charge on any atom is -0.301 e. The molecule has 0 amide bonds. The quantitative estimate of drug-likeness (QED) is 0.649. The topological polar surface area (TPSA) is 3.24 Å². The van der Waals surface area contributed by atoms with Crippen molar-refractivity contribution >= 4 is 0 Å². The van der Waals surface area contributed by atoms with Crippen molar-refractivity contribution in [2.75, 3.05) is 13.1 Å². The van der Waals surface area contributed by atoms with Crippen LogP contribution in [0.25, 0.3) is 0 Å². The molecule has 1 heteroatoms. The molecule has 1 saturated heterocycles. The Kier molecular flexibility index (Phi) is 4.24. The van der Waals surface area contributed by atoms with E-state index in [2.05, 4.69) is 32.6 Å². The van der Waals surface area contributed by atoms with E-state index in [1.807, 2.05) is 0 Å². The Morgan fingerprint density at radius 3 is 2.62 bits per heavy atom. The summed E-state index contributed by atoms with van der Waals surface area (Å²) in [6.45, 7) is 12.0. The van der Waals surface area contributed by atoms with Crippen molar-refractivity contribution in [1.82, 2.24) is 4.90 Å². The zero-order valence-corrected chi connectivity index (χ0v) is 9.71. The third kappa shape index (κ3) is 2.98. The largest absolute Gasteiger partial charge is 0.301 e. The summed E-state index contributed by atoms with van der Waals surface area (Å²) in [5, 5.41) is 0. The van der Waals surface area contributed by atoms with Crippen LogP contribution in [0.2, 0.25) is 0 Å². The van der Waals surface area contributed by atoms with Crippen molar-refractivity contribution in [3.05, 3.63) is 0 Å². The molecule has 0 aromatic heterocycles. The highest BCUT2D eigenvalue weighted by atomic mass is 15.2. The smallest absolute Gasteiger partial charge is 0.00387 e. The van der Waals surface area contributed by atoms with Gasteiger partial charge in [-0.25, -0.2) is 0 Å². The van der Waals surface area contributed by atoms with Crippen LogP contribution >= 0.6 is 0 Å². The van der Waals surface area contributed by atoms with Crippen molar-refractivity contribution in [2.24, 2.45) is 11.8 Å². The maximum absolute atomic E-state index is 2.64. The molecule has 1 aliphatic heterocycles. The van der Waals surface area contributed by atoms with Gasteiger partial charge in [0, 0.05) is 12.6 Å². The first kappa shape index (κ1) is 11.0. The van der Waals surface area contributed by atoms with Gasteiger partial charge in [0.1, 0.15) is 0 Å². The lowest BCUT2D eigenvalue weighted by Crippen LogP contribution is -2.43. The first-order valence-corrected chi connectivity index (χ1v) is 5.89. The van der Waals surface area contributed by atoms with Gasteiger partial charge in [0.05, 0.1) is 0 Å². The van der Waals surface area contributed by atoms with E-state index in [9.17, 15) is 0 Å². The van der Waals surface area contributed by atoms with Crippen LogP contribution in [0, 0.1) is 11.8 Å². The van der Waals surface area contributed by atoms with Gasteiger partial charge in [-0.3, -0.25) is 0 Å². The highest BCUT2D eigenvalue weighted by Gasteiger charge is 2.26. The van der Waals surface area contributed by atoms with Gasteiger partial charge in [0.25, 0.3) is 0 Å². The van der Waals surface area contributed by atoms with Gasteiger partial charge in [-0.05, 0) is 45.1 Å². The number of hydrogen-bond donors (Lipinski definition) is 0. The van der Waals surface area contributed by atoms with E-state index in [0.29, 0.717) is 0 Å². The van der Waals surface area contributed by atoms with E-state index in [-0.39, 0.29) is 0 Å². The molecule has 0 N–H and O–H groups in total. The van der Waals surface area contributed by atoms with Gasteiger partial charge in [-0.1, -0.05) is 20.3 Å². The summed E-state index contributed by atoms with van der Waals surface area (Å²) >= 11 is 0. The zero-order valence-electron chi connectivity index (χ0n) is 9.71. The molecular formula is C12H25N. The Balaban J connectivity index is 2.42. The summed E-state index contributed by atoms with van der Waals surface area (Å²) in [6.07, 6.45) is 4.17. The van der Waals surface area contributed by atoms with Gasteiger partial charge in [-0.15, -0.1) is 0 Å². The van der Waals surface area contributed by atoms with E-state index in [1.54, 1.807) is 0 Å². The molecule has 1 rings (SSSR count). The Labute approximate surface area is 83.5 Å². The maximum atomic E-state index is 2.64. The molecule has 0 radical (unpaired) electrons. The Bertz CT molecular complexity index is 142. The molecule has 1 nitrogen and oxygen atoms in total. The van der Waals surface area contributed by atoms with Gasteiger partial charge < -0.3 is 4.90 Å². The summed E-state index contributed by atoms with van der Waals surface area (Å²) in [6, 6.07) is 0.742. The molecule has 0 aromatic carbocycles. The summed E-state index contributed by atoms with van der Waals surface area (Å²) in [5.41, 5.74) is 0. The summed E-state index contributed by atoms with van der Waals surface area (Å²) in [7, 11) is 0. The van der Waals surface area contributed by atoms with E-state index in [4.69, 9.17) is 0 Å². The van der Waals surface area contributed by atoms with Crippen molar-refractivity contribution in [3.8, 4) is 0 Å². The van der Waals surface area contributed by atoms with Crippen LogP contribution in [-0.2, 0) is 0 Å². The lowest BCUT2D eigenvalue weighted by Gasteiger charge is -2.39. The molecule has 1 aliphatic rings. The van der Waals surface area contributed by atoms with Crippen LogP contribution in [0.15, 0.2) is 0 Å². The second-order valence-electron chi connectivity index (χ2n) is 4.90. The Hall–Kier alpha value is -0.0400.